The van der Waals surface area contributed by atoms with Gasteiger partial charge in [-0.15, -0.1) is 11.8 Å². The number of imidazole rings is 1. The summed E-state index contributed by atoms with van der Waals surface area (Å²) in [6.07, 6.45) is 7.18. The summed E-state index contributed by atoms with van der Waals surface area (Å²) in [7, 11) is 3.90. The van der Waals surface area contributed by atoms with Gasteiger partial charge in [0.1, 0.15) is 17.2 Å². The first-order valence-corrected chi connectivity index (χ1v) is 8.22. The van der Waals surface area contributed by atoms with Crippen LogP contribution >= 0.6 is 11.8 Å². The number of likely N-dealkylation sites (N-methyl/N-ethyl adjacent to an activating group) is 1. The summed E-state index contributed by atoms with van der Waals surface area (Å²) in [6, 6.07) is 0. The zero-order valence-corrected chi connectivity index (χ0v) is 13.8. The van der Waals surface area contributed by atoms with E-state index in [1.807, 2.05) is 36.2 Å². The van der Waals surface area contributed by atoms with Gasteiger partial charge in [-0.25, -0.2) is 9.78 Å². The fourth-order valence-electron chi connectivity index (χ4n) is 3.19. The highest BCUT2D eigenvalue weighted by Crippen LogP contribution is 2.45. The van der Waals surface area contributed by atoms with Crippen LogP contribution in [0.3, 0.4) is 0 Å². The first-order chi connectivity index (χ1) is 11.5. The standard InChI is InChI=1S/C15H15N5O3S/c1-18-5-8(19(2)12(18)10-4-16-7-17-10)3-9-13(21)20-11(15(22)23)6-24-14(9)20/h3-7,12,14H,1-2H3,(H,16,17)(H,22,23)/t12?,14-/m1/s1. The normalized spacial score (nSPS) is 27.3. The monoisotopic (exact) mass is 345 g/mol. The molecule has 0 spiro atoms. The van der Waals surface area contributed by atoms with Crippen molar-refractivity contribution in [3.63, 3.8) is 0 Å². The van der Waals surface area contributed by atoms with Crippen molar-refractivity contribution in [1.82, 2.24) is 24.7 Å². The minimum absolute atomic E-state index is 0.0189. The predicted molar refractivity (Wildman–Crippen MR) is 87.0 cm³/mol. The molecule has 2 atom stereocenters. The number of amides is 1. The maximum atomic E-state index is 12.3. The third-order valence-corrected chi connectivity index (χ3v) is 5.43. The van der Waals surface area contributed by atoms with Crippen molar-refractivity contribution >= 4 is 23.6 Å². The van der Waals surface area contributed by atoms with Crippen molar-refractivity contribution < 1.29 is 14.7 Å². The van der Waals surface area contributed by atoms with E-state index in [2.05, 4.69) is 9.97 Å². The number of aliphatic carboxylic acids is 1. The quantitative estimate of drug-likeness (QED) is 0.621. The van der Waals surface area contributed by atoms with E-state index in [4.69, 9.17) is 5.11 Å². The van der Waals surface area contributed by atoms with Crippen LogP contribution in [0.25, 0.3) is 0 Å². The molecule has 8 nitrogen and oxygen atoms in total. The number of aromatic nitrogens is 2. The molecule has 0 bridgehead atoms. The van der Waals surface area contributed by atoms with Crippen molar-refractivity contribution in [3.05, 3.63) is 52.9 Å². The molecule has 4 heterocycles. The average molecular weight is 345 g/mol. The zero-order valence-electron chi connectivity index (χ0n) is 13.0. The Kier molecular flexibility index (Phi) is 3.20. The number of β-lactam (4-membered cyclic amide) rings is 1. The first-order valence-electron chi connectivity index (χ1n) is 7.28. The van der Waals surface area contributed by atoms with Gasteiger partial charge in [0.25, 0.3) is 5.91 Å². The zero-order chi connectivity index (χ0) is 17.0. The molecule has 1 amide bonds. The lowest BCUT2D eigenvalue weighted by atomic mass is 10.0. The van der Waals surface area contributed by atoms with Crippen molar-refractivity contribution in [2.75, 3.05) is 14.1 Å². The van der Waals surface area contributed by atoms with Gasteiger partial charge >= 0.3 is 5.97 Å². The molecule has 1 aromatic rings. The number of thioether (sulfide) groups is 1. The van der Waals surface area contributed by atoms with Crippen LogP contribution in [0.2, 0.25) is 0 Å². The molecule has 0 aliphatic carbocycles. The molecule has 1 saturated heterocycles. The van der Waals surface area contributed by atoms with Crippen molar-refractivity contribution in [2.45, 2.75) is 11.5 Å². The number of carbonyl (C=O) groups is 2. The Morgan fingerprint density at radius 1 is 1.46 bits per heavy atom. The Morgan fingerprint density at radius 2 is 2.25 bits per heavy atom. The number of carboxylic acids is 1. The maximum Gasteiger partial charge on any atom is 0.353 e. The van der Waals surface area contributed by atoms with Gasteiger partial charge in [-0.05, 0) is 6.08 Å². The van der Waals surface area contributed by atoms with E-state index in [0.717, 1.165) is 11.4 Å². The topological polar surface area (TPSA) is 92.8 Å². The second kappa shape index (κ2) is 5.17. The number of allylic oxidation sites excluding steroid dienone is 1. The molecular formula is C15H15N5O3S. The molecule has 3 aliphatic heterocycles. The van der Waals surface area contributed by atoms with Crippen LogP contribution in [0.1, 0.15) is 11.9 Å². The Hall–Kier alpha value is -2.68. The Balaban J connectivity index is 1.57. The van der Waals surface area contributed by atoms with Crippen LogP contribution in [0.15, 0.2) is 47.2 Å². The number of nitrogens with one attached hydrogen (secondary N) is 1. The summed E-state index contributed by atoms with van der Waals surface area (Å²) in [5, 5.41) is 10.4. The molecular weight excluding hydrogens is 330 g/mol. The molecule has 1 unspecified atom stereocenters. The third-order valence-electron chi connectivity index (χ3n) is 4.35. The van der Waals surface area contributed by atoms with Crippen LogP contribution in [-0.2, 0) is 9.59 Å². The minimum Gasteiger partial charge on any atom is -0.477 e. The summed E-state index contributed by atoms with van der Waals surface area (Å²) in [5.74, 6) is -1.32. The number of rotatable bonds is 3. The highest BCUT2D eigenvalue weighted by atomic mass is 32.2. The van der Waals surface area contributed by atoms with Gasteiger partial charge in [-0.3, -0.25) is 9.69 Å². The van der Waals surface area contributed by atoms with Gasteiger partial charge in [0, 0.05) is 25.7 Å². The number of carbonyl (C=O) groups excluding carboxylic acids is 1. The number of H-pyrrole nitrogens is 1. The van der Waals surface area contributed by atoms with E-state index in [1.165, 1.54) is 22.1 Å². The molecule has 3 aliphatic rings. The second-order valence-electron chi connectivity index (χ2n) is 5.78. The van der Waals surface area contributed by atoms with Crippen LogP contribution in [0.5, 0.6) is 0 Å². The lowest BCUT2D eigenvalue weighted by Crippen LogP contribution is -2.51. The molecule has 0 aromatic carbocycles. The fraction of sp³-hybridized carbons (Fsp3) is 0.267. The van der Waals surface area contributed by atoms with Gasteiger partial charge < -0.3 is 19.9 Å². The number of nitrogens with zero attached hydrogens (tertiary/aromatic N) is 4. The van der Waals surface area contributed by atoms with E-state index in [-0.39, 0.29) is 23.1 Å². The largest absolute Gasteiger partial charge is 0.477 e. The molecule has 124 valence electrons. The lowest BCUT2D eigenvalue weighted by Gasteiger charge is -2.37. The van der Waals surface area contributed by atoms with Gasteiger partial charge in [-0.1, -0.05) is 0 Å². The predicted octanol–water partition coefficient (Wildman–Crippen LogP) is 0.894. The van der Waals surface area contributed by atoms with Gasteiger partial charge in [0.15, 0.2) is 0 Å². The van der Waals surface area contributed by atoms with Crippen LogP contribution in [0, 0.1) is 0 Å². The first kappa shape index (κ1) is 14.9. The number of hydrogen-bond donors (Lipinski definition) is 2. The van der Waals surface area contributed by atoms with E-state index in [0.29, 0.717) is 5.57 Å². The maximum absolute atomic E-state index is 12.3. The van der Waals surface area contributed by atoms with Crippen LogP contribution in [-0.4, -0.2) is 61.1 Å². The van der Waals surface area contributed by atoms with E-state index in [1.54, 1.807) is 12.5 Å². The smallest absolute Gasteiger partial charge is 0.353 e. The molecule has 9 heteroatoms. The van der Waals surface area contributed by atoms with Crippen molar-refractivity contribution in [1.29, 1.82) is 0 Å². The fourth-order valence-corrected chi connectivity index (χ4v) is 4.30. The summed E-state index contributed by atoms with van der Waals surface area (Å²) in [6.45, 7) is 0. The molecule has 1 aromatic heterocycles. The van der Waals surface area contributed by atoms with Gasteiger partial charge in [0.05, 0.1) is 29.5 Å². The Labute approximate surface area is 142 Å². The molecule has 0 radical (unpaired) electrons. The molecule has 24 heavy (non-hydrogen) atoms. The van der Waals surface area contributed by atoms with Crippen LogP contribution < -0.4 is 0 Å². The van der Waals surface area contributed by atoms with E-state index in [9.17, 15) is 9.59 Å². The van der Waals surface area contributed by atoms with Gasteiger partial charge in [-0.2, -0.15) is 0 Å². The summed E-state index contributed by atoms with van der Waals surface area (Å²) in [5.41, 5.74) is 2.51. The minimum atomic E-state index is -1.08. The second-order valence-corrected chi connectivity index (χ2v) is 6.74. The average Bonchev–Trinajstić information content (AvgIpc) is 3.23. The van der Waals surface area contributed by atoms with Crippen molar-refractivity contribution in [2.24, 2.45) is 0 Å². The molecule has 1 fully saturated rings. The molecule has 0 saturated carbocycles. The number of hydrogen-bond acceptors (Lipinski definition) is 6. The Bertz CT molecular complexity index is 813. The van der Waals surface area contributed by atoms with E-state index < -0.39 is 5.97 Å². The number of aromatic amines is 1. The third kappa shape index (κ3) is 1.97. The lowest BCUT2D eigenvalue weighted by molar-refractivity contribution is -0.141. The molecule has 2 N–H and O–H groups in total. The summed E-state index contributed by atoms with van der Waals surface area (Å²) >= 11 is 1.34. The summed E-state index contributed by atoms with van der Waals surface area (Å²) < 4.78 is 0. The Morgan fingerprint density at radius 3 is 2.92 bits per heavy atom. The molecule has 4 rings (SSSR count). The SMILES string of the molecule is CN1C=C(C=C2C(=O)N3C(C(=O)O)=CS[C@H]23)N(C)C1c1cnc[nH]1. The van der Waals surface area contributed by atoms with Gasteiger partial charge in [0.2, 0.25) is 0 Å². The number of carboxylic acid groups (broad SMARTS) is 1. The van der Waals surface area contributed by atoms with E-state index >= 15 is 0 Å². The number of fused-ring (bicyclic) bond motifs is 1. The highest BCUT2D eigenvalue weighted by Gasteiger charge is 2.49. The summed E-state index contributed by atoms with van der Waals surface area (Å²) in [4.78, 5) is 36.0. The van der Waals surface area contributed by atoms with Crippen molar-refractivity contribution in [3.8, 4) is 0 Å². The van der Waals surface area contributed by atoms with Crippen LogP contribution in [0.4, 0.5) is 0 Å². The highest BCUT2D eigenvalue weighted by molar-refractivity contribution is 8.03.